The predicted molar refractivity (Wildman–Crippen MR) is 76.4 cm³/mol. The molecule has 2 rings (SSSR count). The molecule has 3 nitrogen and oxygen atoms in total. The van der Waals surface area contributed by atoms with Gasteiger partial charge in [0, 0.05) is 28.7 Å². The summed E-state index contributed by atoms with van der Waals surface area (Å²) in [6.45, 7) is 7.44. The standard InChI is InChI=1S/C14H18BrNO2/c1-8(2)16-7-9(3)13-11(14(17)18-4)5-10(15)6-12(13)16/h5-6,8-9H,7H2,1-4H3. The largest absolute Gasteiger partial charge is 0.465 e. The number of fused-ring (bicyclic) bond motifs is 1. The van der Waals surface area contributed by atoms with E-state index in [4.69, 9.17) is 4.74 Å². The van der Waals surface area contributed by atoms with Gasteiger partial charge in [-0.2, -0.15) is 0 Å². The first-order valence-electron chi connectivity index (χ1n) is 6.14. The Hall–Kier alpha value is -1.03. The van der Waals surface area contributed by atoms with Gasteiger partial charge in [-0.1, -0.05) is 22.9 Å². The molecule has 1 atom stereocenters. The van der Waals surface area contributed by atoms with Gasteiger partial charge in [0.2, 0.25) is 0 Å². The molecule has 0 saturated carbocycles. The average Bonchev–Trinajstić information content (AvgIpc) is 2.64. The topological polar surface area (TPSA) is 29.5 Å². The first-order chi connectivity index (χ1) is 8.45. The number of carbonyl (C=O) groups is 1. The molecule has 1 aliphatic heterocycles. The van der Waals surface area contributed by atoms with E-state index in [0.717, 1.165) is 22.3 Å². The van der Waals surface area contributed by atoms with Crippen molar-refractivity contribution in [1.29, 1.82) is 0 Å². The van der Waals surface area contributed by atoms with Crippen molar-refractivity contribution in [2.24, 2.45) is 0 Å². The van der Waals surface area contributed by atoms with Gasteiger partial charge in [0.1, 0.15) is 0 Å². The zero-order chi connectivity index (χ0) is 13.4. The van der Waals surface area contributed by atoms with Gasteiger partial charge < -0.3 is 9.64 Å². The maximum atomic E-state index is 11.9. The van der Waals surface area contributed by atoms with Crippen LogP contribution in [0.4, 0.5) is 5.69 Å². The Bertz CT molecular complexity index is 485. The number of carbonyl (C=O) groups excluding carboxylic acids is 1. The van der Waals surface area contributed by atoms with Gasteiger partial charge in [0.25, 0.3) is 0 Å². The number of rotatable bonds is 2. The third kappa shape index (κ3) is 2.14. The van der Waals surface area contributed by atoms with Crippen molar-refractivity contribution in [1.82, 2.24) is 0 Å². The van der Waals surface area contributed by atoms with Crippen LogP contribution in [0, 0.1) is 0 Å². The van der Waals surface area contributed by atoms with Crippen LogP contribution >= 0.6 is 15.9 Å². The van der Waals surface area contributed by atoms with Gasteiger partial charge >= 0.3 is 5.97 Å². The van der Waals surface area contributed by atoms with Crippen LogP contribution in [0.2, 0.25) is 0 Å². The van der Waals surface area contributed by atoms with Crippen LogP contribution < -0.4 is 4.90 Å². The number of anilines is 1. The van der Waals surface area contributed by atoms with Gasteiger partial charge in [-0.05, 0) is 31.5 Å². The lowest BCUT2D eigenvalue weighted by atomic mass is 9.97. The van der Waals surface area contributed by atoms with Crippen LogP contribution in [0.15, 0.2) is 16.6 Å². The van der Waals surface area contributed by atoms with E-state index in [1.807, 2.05) is 6.07 Å². The lowest BCUT2D eigenvalue weighted by molar-refractivity contribution is 0.0599. The van der Waals surface area contributed by atoms with Crippen LogP contribution in [0.5, 0.6) is 0 Å². The highest BCUT2D eigenvalue weighted by atomic mass is 79.9. The molecule has 18 heavy (non-hydrogen) atoms. The minimum atomic E-state index is -0.259. The van der Waals surface area contributed by atoms with Crippen molar-refractivity contribution in [3.05, 3.63) is 27.7 Å². The third-order valence-corrected chi connectivity index (χ3v) is 3.88. The molecule has 0 saturated heterocycles. The van der Waals surface area contributed by atoms with Gasteiger partial charge in [-0.25, -0.2) is 4.79 Å². The summed E-state index contributed by atoms with van der Waals surface area (Å²) in [5.41, 5.74) is 2.93. The fraction of sp³-hybridized carbons (Fsp3) is 0.500. The first kappa shape index (κ1) is 13.4. The number of halogens is 1. The summed E-state index contributed by atoms with van der Waals surface area (Å²) < 4.78 is 5.80. The van der Waals surface area contributed by atoms with E-state index in [-0.39, 0.29) is 5.97 Å². The summed E-state index contributed by atoms with van der Waals surface area (Å²) in [5.74, 6) is 0.0922. The molecule has 0 aliphatic carbocycles. The van der Waals surface area contributed by atoms with E-state index in [0.29, 0.717) is 17.5 Å². The number of esters is 1. The summed E-state index contributed by atoms with van der Waals surface area (Å²) in [7, 11) is 1.43. The highest BCUT2D eigenvalue weighted by Gasteiger charge is 2.32. The first-order valence-corrected chi connectivity index (χ1v) is 6.93. The minimum Gasteiger partial charge on any atom is -0.465 e. The third-order valence-electron chi connectivity index (χ3n) is 3.42. The summed E-state index contributed by atoms with van der Waals surface area (Å²) in [6, 6.07) is 4.37. The van der Waals surface area contributed by atoms with Gasteiger partial charge in [0.05, 0.1) is 12.7 Å². The molecule has 0 aromatic heterocycles. The zero-order valence-electron chi connectivity index (χ0n) is 11.2. The number of methoxy groups -OCH3 is 1. The molecule has 1 aromatic carbocycles. The molecule has 0 spiro atoms. The molecule has 0 bridgehead atoms. The zero-order valence-corrected chi connectivity index (χ0v) is 12.7. The molecule has 4 heteroatoms. The second-order valence-corrected chi connectivity index (χ2v) is 5.94. The van der Waals surface area contributed by atoms with E-state index in [1.165, 1.54) is 7.11 Å². The van der Waals surface area contributed by atoms with Crippen LogP contribution in [0.1, 0.15) is 42.6 Å². The maximum absolute atomic E-state index is 11.9. The van der Waals surface area contributed by atoms with Gasteiger partial charge in [0.15, 0.2) is 0 Å². The minimum absolute atomic E-state index is 0.259. The Kier molecular flexibility index (Phi) is 3.66. The van der Waals surface area contributed by atoms with Crippen LogP contribution in [-0.2, 0) is 4.74 Å². The van der Waals surface area contributed by atoms with E-state index >= 15 is 0 Å². The van der Waals surface area contributed by atoms with Crippen molar-refractivity contribution in [3.8, 4) is 0 Å². The lowest BCUT2D eigenvalue weighted by Gasteiger charge is -2.24. The molecule has 1 heterocycles. The number of hydrogen-bond donors (Lipinski definition) is 0. The Morgan fingerprint density at radius 1 is 1.50 bits per heavy atom. The molecule has 1 aliphatic rings. The molecular formula is C14H18BrNO2. The van der Waals surface area contributed by atoms with E-state index < -0.39 is 0 Å². The average molecular weight is 312 g/mol. The Morgan fingerprint density at radius 2 is 2.17 bits per heavy atom. The summed E-state index contributed by atoms with van der Waals surface area (Å²) in [4.78, 5) is 14.2. The molecule has 0 amide bonds. The van der Waals surface area contributed by atoms with Gasteiger partial charge in [-0.3, -0.25) is 0 Å². The maximum Gasteiger partial charge on any atom is 0.338 e. The van der Waals surface area contributed by atoms with E-state index in [9.17, 15) is 4.79 Å². The van der Waals surface area contributed by atoms with Crippen LogP contribution in [-0.4, -0.2) is 25.7 Å². The number of hydrogen-bond acceptors (Lipinski definition) is 3. The smallest absolute Gasteiger partial charge is 0.338 e. The van der Waals surface area contributed by atoms with E-state index in [1.54, 1.807) is 0 Å². The monoisotopic (exact) mass is 311 g/mol. The Morgan fingerprint density at radius 3 is 2.72 bits per heavy atom. The summed E-state index contributed by atoms with van der Waals surface area (Å²) in [6.07, 6.45) is 0. The van der Waals surface area contributed by atoms with Crippen LogP contribution in [0.25, 0.3) is 0 Å². The molecular weight excluding hydrogens is 294 g/mol. The SMILES string of the molecule is COC(=O)c1cc(Br)cc2c1C(C)CN2C(C)C. The molecule has 1 unspecified atom stereocenters. The van der Waals surface area contributed by atoms with Crippen molar-refractivity contribution < 1.29 is 9.53 Å². The van der Waals surface area contributed by atoms with Crippen molar-refractivity contribution in [2.75, 3.05) is 18.6 Å². The second kappa shape index (κ2) is 4.92. The number of benzene rings is 1. The van der Waals surface area contributed by atoms with Crippen LogP contribution in [0.3, 0.4) is 0 Å². The molecule has 0 N–H and O–H groups in total. The quantitative estimate of drug-likeness (QED) is 0.782. The molecule has 0 radical (unpaired) electrons. The summed E-state index contributed by atoms with van der Waals surface area (Å²) >= 11 is 3.48. The van der Waals surface area contributed by atoms with E-state index in [2.05, 4.69) is 47.7 Å². The highest BCUT2D eigenvalue weighted by Crippen LogP contribution is 2.41. The Labute approximate surface area is 116 Å². The van der Waals surface area contributed by atoms with Crippen molar-refractivity contribution in [2.45, 2.75) is 32.7 Å². The molecule has 0 fully saturated rings. The predicted octanol–water partition coefficient (Wildman–Crippen LogP) is 3.57. The highest BCUT2D eigenvalue weighted by molar-refractivity contribution is 9.10. The van der Waals surface area contributed by atoms with Crippen molar-refractivity contribution in [3.63, 3.8) is 0 Å². The summed E-state index contributed by atoms with van der Waals surface area (Å²) in [5, 5.41) is 0. The molecule has 98 valence electrons. The van der Waals surface area contributed by atoms with Gasteiger partial charge in [-0.15, -0.1) is 0 Å². The fourth-order valence-corrected chi connectivity index (χ4v) is 3.06. The lowest BCUT2D eigenvalue weighted by Crippen LogP contribution is -2.29. The number of nitrogens with zero attached hydrogens (tertiary/aromatic N) is 1. The number of ether oxygens (including phenoxy) is 1. The molecule has 1 aromatic rings. The second-order valence-electron chi connectivity index (χ2n) is 5.02. The Balaban J connectivity index is 2.60. The fourth-order valence-electron chi connectivity index (χ4n) is 2.61. The normalized spacial score (nSPS) is 18.1. The van der Waals surface area contributed by atoms with Crippen molar-refractivity contribution >= 4 is 27.6 Å².